The van der Waals surface area contributed by atoms with Gasteiger partial charge in [0, 0.05) is 24.2 Å². The monoisotopic (exact) mass is 433 g/mol. The van der Waals surface area contributed by atoms with E-state index in [0.717, 1.165) is 4.70 Å². The Morgan fingerprint density at radius 1 is 1.21 bits per heavy atom. The van der Waals surface area contributed by atoms with Crippen molar-refractivity contribution in [3.63, 3.8) is 0 Å². The van der Waals surface area contributed by atoms with Crippen molar-refractivity contribution >= 4 is 43.0 Å². The highest BCUT2D eigenvalue weighted by Gasteiger charge is 2.19. The molecule has 0 bridgehead atoms. The third kappa shape index (κ3) is 3.99. The number of amides is 1. The van der Waals surface area contributed by atoms with Crippen molar-refractivity contribution in [3.8, 4) is 0 Å². The highest BCUT2D eigenvalue weighted by Crippen LogP contribution is 2.23. The van der Waals surface area contributed by atoms with Crippen LogP contribution in [0.4, 0.5) is 5.69 Å². The molecule has 0 spiro atoms. The summed E-state index contributed by atoms with van der Waals surface area (Å²) in [5, 5.41) is 10.5. The zero-order valence-electron chi connectivity index (χ0n) is 16.0. The number of carbonyl (C=O) groups excluding carboxylic acids is 1. The minimum Gasteiger partial charge on any atom is -0.316 e. The Morgan fingerprint density at radius 3 is 2.41 bits per heavy atom. The second kappa shape index (κ2) is 7.88. The zero-order valence-corrected chi connectivity index (χ0v) is 17.7. The van der Waals surface area contributed by atoms with Gasteiger partial charge in [0.25, 0.3) is 11.6 Å². The molecule has 0 unspecified atom stereocenters. The minimum atomic E-state index is -3.42. The lowest BCUT2D eigenvalue weighted by molar-refractivity contribution is -0.384. The molecular formula is C19H19N3O5S2. The summed E-state index contributed by atoms with van der Waals surface area (Å²) in [4.78, 5) is 27.9. The molecule has 0 atom stereocenters. The first kappa shape index (κ1) is 20.9. The largest absolute Gasteiger partial charge is 0.316 e. The van der Waals surface area contributed by atoms with Gasteiger partial charge in [-0.15, -0.1) is 0 Å². The first-order valence-corrected chi connectivity index (χ1v) is 11.2. The molecule has 3 rings (SSSR count). The number of nitro benzene ring substituents is 1. The Hall–Kier alpha value is -2.85. The van der Waals surface area contributed by atoms with Crippen LogP contribution in [0.2, 0.25) is 0 Å². The van der Waals surface area contributed by atoms with Gasteiger partial charge in [-0.05, 0) is 51.1 Å². The molecule has 3 aromatic rings. The first-order chi connectivity index (χ1) is 13.6. The van der Waals surface area contributed by atoms with Crippen molar-refractivity contribution in [1.82, 2.24) is 4.57 Å². The number of non-ortho nitro benzene ring substituents is 1. The molecule has 29 heavy (non-hydrogen) atoms. The minimum absolute atomic E-state index is 0.0303. The van der Waals surface area contributed by atoms with Crippen LogP contribution in [0.3, 0.4) is 0 Å². The van der Waals surface area contributed by atoms with Gasteiger partial charge in [-0.25, -0.2) is 8.42 Å². The summed E-state index contributed by atoms with van der Waals surface area (Å²) in [6, 6.07) is 10.2. The third-order valence-electron chi connectivity index (χ3n) is 4.44. The molecule has 1 heterocycles. The number of hydrogen-bond donors (Lipinski definition) is 0. The van der Waals surface area contributed by atoms with Gasteiger partial charge in [0.05, 0.1) is 25.3 Å². The zero-order chi connectivity index (χ0) is 21.3. The van der Waals surface area contributed by atoms with Crippen LogP contribution in [-0.2, 0) is 16.4 Å². The number of nitrogens with zero attached hydrogens (tertiary/aromatic N) is 3. The summed E-state index contributed by atoms with van der Waals surface area (Å²) in [7, 11) is -3.42. The molecule has 1 amide bonds. The second-order valence-corrected chi connectivity index (χ2v) is 10.1. The topological polar surface area (TPSA) is 112 Å². The summed E-state index contributed by atoms with van der Waals surface area (Å²) in [6.45, 7) is 5.54. The maximum atomic E-state index is 12.6. The number of sulfone groups is 1. The Balaban J connectivity index is 2.03. The van der Waals surface area contributed by atoms with Crippen molar-refractivity contribution in [3.05, 3.63) is 62.9 Å². The molecule has 0 aliphatic heterocycles. The van der Waals surface area contributed by atoms with Gasteiger partial charge in [-0.3, -0.25) is 14.9 Å². The molecule has 1 aromatic heterocycles. The molecule has 8 nitrogen and oxygen atoms in total. The molecular weight excluding hydrogens is 414 g/mol. The summed E-state index contributed by atoms with van der Waals surface area (Å²) in [5.41, 5.74) is 0.868. The van der Waals surface area contributed by atoms with E-state index in [1.165, 1.54) is 47.7 Å². The highest BCUT2D eigenvalue weighted by molar-refractivity contribution is 7.92. The molecule has 0 aliphatic rings. The molecule has 152 valence electrons. The van der Waals surface area contributed by atoms with E-state index in [-0.39, 0.29) is 16.1 Å². The third-order valence-corrected chi connectivity index (χ3v) is 7.67. The van der Waals surface area contributed by atoms with E-state index in [9.17, 15) is 23.3 Å². The van der Waals surface area contributed by atoms with Crippen molar-refractivity contribution < 1.29 is 18.1 Å². The Morgan fingerprint density at radius 2 is 1.86 bits per heavy atom. The van der Waals surface area contributed by atoms with Gasteiger partial charge in [0.15, 0.2) is 14.6 Å². The Kier molecular flexibility index (Phi) is 5.67. The average molecular weight is 434 g/mol. The molecule has 2 aromatic carbocycles. The van der Waals surface area contributed by atoms with Gasteiger partial charge in [-0.1, -0.05) is 11.3 Å². The normalized spacial score (nSPS) is 12.6. The van der Waals surface area contributed by atoms with Crippen LogP contribution in [0, 0.1) is 10.1 Å². The number of aromatic nitrogens is 1. The number of hydrogen-bond acceptors (Lipinski definition) is 6. The highest BCUT2D eigenvalue weighted by atomic mass is 32.2. The number of aryl methyl sites for hydroxylation is 1. The summed E-state index contributed by atoms with van der Waals surface area (Å²) in [6.07, 6.45) is 0. The van der Waals surface area contributed by atoms with Crippen LogP contribution < -0.4 is 4.80 Å². The number of nitro groups is 1. The van der Waals surface area contributed by atoms with Gasteiger partial charge in [0.1, 0.15) is 0 Å². The van der Waals surface area contributed by atoms with E-state index in [1.54, 1.807) is 24.5 Å². The number of rotatable bonds is 5. The summed E-state index contributed by atoms with van der Waals surface area (Å²) in [5.74, 6) is -0.512. The van der Waals surface area contributed by atoms with Crippen LogP contribution in [0.5, 0.6) is 0 Å². The predicted molar refractivity (Wildman–Crippen MR) is 111 cm³/mol. The molecule has 0 saturated heterocycles. The standard InChI is InChI=1S/C19H19N3O5S2/c1-4-21-16-11-14(22(24)25)7-10-17(16)28-19(21)20-18(23)13-5-8-15(9-6-13)29(26,27)12(2)3/h5-12H,4H2,1-3H3. The quantitative estimate of drug-likeness (QED) is 0.451. The number of fused-ring (bicyclic) bond motifs is 1. The van der Waals surface area contributed by atoms with E-state index < -0.39 is 25.9 Å². The smallest absolute Gasteiger partial charge is 0.279 e. The van der Waals surface area contributed by atoms with E-state index in [1.807, 2.05) is 6.92 Å². The van der Waals surface area contributed by atoms with Crippen LogP contribution in [0.25, 0.3) is 10.2 Å². The van der Waals surface area contributed by atoms with Gasteiger partial charge < -0.3 is 4.57 Å². The van der Waals surface area contributed by atoms with Crippen molar-refractivity contribution in [2.45, 2.75) is 37.5 Å². The first-order valence-electron chi connectivity index (χ1n) is 8.86. The number of carbonyl (C=O) groups is 1. The maximum absolute atomic E-state index is 12.6. The number of thiazole rings is 1. The lowest BCUT2D eigenvalue weighted by Crippen LogP contribution is -2.16. The summed E-state index contributed by atoms with van der Waals surface area (Å²) >= 11 is 1.26. The van der Waals surface area contributed by atoms with Crippen LogP contribution in [0.15, 0.2) is 52.4 Å². The van der Waals surface area contributed by atoms with E-state index in [4.69, 9.17) is 0 Å². The summed E-state index contributed by atoms with van der Waals surface area (Å²) < 4.78 is 26.9. The molecule has 0 fully saturated rings. The molecule has 10 heteroatoms. The molecule has 0 radical (unpaired) electrons. The molecule has 0 aliphatic carbocycles. The van der Waals surface area contributed by atoms with Gasteiger partial charge >= 0.3 is 0 Å². The molecule has 0 N–H and O–H groups in total. The Bertz CT molecular complexity index is 1270. The van der Waals surface area contributed by atoms with Crippen molar-refractivity contribution in [2.75, 3.05) is 0 Å². The second-order valence-electron chi connectivity index (χ2n) is 6.57. The van der Waals surface area contributed by atoms with Gasteiger partial charge in [-0.2, -0.15) is 4.99 Å². The fourth-order valence-electron chi connectivity index (χ4n) is 2.77. The lowest BCUT2D eigenvalue weighted by Gasteiger charge is -2.07. The van der Waals surface area contributed by atoms with Gasteiger partial charge in [0.2, 0.25) is 0 Å². The van der Waals surface area contributed by atoms with Crippen LogP contribution in [0.1, 0.15) is 31.1 Å². The van der Waals surface area contributed by atoms with Crippen molar-refractivity contribution in [1.29, 1.82) is 0 Å². The van der Waals surface area contributed by atoms with Crippen LogP contribution in [-0.4, -0.2) is 29.1 Å². The predicted octanol–water partition coefficient (Wildman–Crippen LogP) is 3.55. The van der Waals surface area contributed by atoms with Crippen LogP contribution >= 0.6 is 11.3 Å². The number of benzene rings is 2. The average Bonchev–Trinajstić information content (AvgIpc) is 3.03. The van der Waals surface area contributed by atoms with Crippen molar-refractivity contribution in [2.24, 2.45) is 4.99 Å². The SMILES string of the molecule is CCn1c(=NC(=O)c2ccc(S(=O)(=O)C(C)C)cc2)sc2ccc([N+](=O)[O-])cc21. The fraction of sp³-hybridized carbons (Fsp3) is 0.263. The fourth-order valence-corrected chi connectivity index (χ4v) is 4.91. The Labute approximate surface area is 171 Å². The van der Waals surface area contributed by atoms with E-state index >= 15 is 0 Å². The lowest BCUT2D eigenvalue weighted by atomic mass is 10.2. The molecule has 0 saturated carbocycles. The van der Waals surface area contributed by atoms with E-state index in [2.05, 4.69) is 4.99 Å². The maximum Gasteiger partial charge on any atom is 0.279 e. The van der Waals surface area contributed by atoms with E-state index in [0.29, 0.717) is 16.9 Å².